The fourth-order valence-electron chi connectivity index (χ4n) is 1.98. The minimum atomic E-state index is 0.0962. The fraction of sp³-hybridized carbons (Fsp3) is 0.444. The van der Waals surface area contributed by atoms with E-state index in [-0.39, 0.29) is 10.8 Å². The van der Waals surface area contributed by atoms with Crippen LogP contribution in [0.5, 0.6) is 0 Å². The summed E-state index contributed by atoms with van der Waals surface area (Å²) in [5.74, 6) is 2.09. The quantitative estimate of drug-likeness (QED) is 0.639. The molecule has 0 saturated carbocycles. The van der Waals surface area contributed by atoms with Gasteiger partial charge < -0.3 is 9.97 Å². The summed E-state index contributed by atoms with van der Waals surface area (Å²) in [6.07, 6.45) is 3.63. The molecule has 0 atom stereocenters. The molecule has 0 fully saturated rings. The van der Waals surface area contributed by atoms with Gasteiger partial charge in [0.25, 0.3) is 0 Å². The topological polar surface area (TPSA) is 57.4 Å². The molecule has 2 aromatic heterocycles. The van der Waals surface area contributed by atoms with E-state index in [0.717, 1.165) is 22.7 Å². The Morgan fingerprint density at radius 3 is 1.95 bits per heavy atom. The number of nitrogens with zero attached hydrogens (tertiary/aromatic N) is 2. The lowest BCUT2D eigenvalue weighted by molar-refractivity contribution is 0.552. The highest BCUT2D eigenvalue weighted by atomic mass is 14.9. The highest BCUT2D eigenvalue weighted by molar-refractivity contribution is 5.74. The van der Waals surface area contributed by atoms with Crippen LogP contribution >= 0.6 is 0 Å². The number of H-pyrrole nitrogens is 2. The first kappa shape index (κ1) is 16.3. The number of hydrogen-bond donors (Lipinski definition) is 2. The standard InChI is InChI=1S/C11H14N2.C7H12N2/c1-11(2,3)10-12-8-6-4-5-7-9(8)13-10;1-7(2,3)6-8-4-5-9-6/h4-7H,1-3H3,(H,12,13);4-5H,1-3H3,(H,8,9). The molecule has 0 amide bonds. The number of benzene rings is 1. The lowest BCUT2D eigenvalue weighted by atomic mass is 9.96. The molecule has 0 aliphatic carbocycles. The molecule has 4 heteroatoms. The van der Waals surface area contributed by atoms with Gasteiger partial charge in [-0.05, 0) is 12.1 Å². The van der Waals surface area contributed by atoms with E-state index < -0.39 is 0 Å². The molecule has 118 valence electrons. The number of fused-ring (bicyclic) bond motifs is 1. The summed E-state index contributed by atoms with van der Waals surface area (Å²) in [5.41, 5.74) is 2.42. The van der Waals surface area contributed by atoms with Crippen molar-refractivity contribution in [1.29, 1.82) is 0 Å². The Kier molecular flexibility index (Phi) is 4.40. The highest BCUT2D eigenvalue weighted by Crippen LogP contribution is 2.21. The van der Waals surface area contributed by atoms with Crippen molar-refractivity contribution in [2.45, 2.75) is 52.4 Å². The van der Waals surface area contributed by atoms with Crippen molar-refractivity contribution in [3.05, 3.63) is 48.3 Å². The summed E-state index contributed by atoms with van der Waals surface area (Å²) in [6.45, 7) is 12.9. The minimum Gasteiger partial charge on any atom is -0.348 e. The van der Waals surface area contributed by atoms with Crippen molar-refractivity contribution in [2.75, 3.05) is 0 Å². The molecule has 0 bridgehead atoms. The molecule has 2 heterocycles. The third-order valence-electron chi connectivity index (χ3n) is 3.31. The van der Waals surface area contributed by atoms with E-state index >= 15 is 0 Å². The van der Waals surface area contributed by atoms with E-state index in [1.165, 1.54) is 0 Å². The summed E-state index contributed by atoms with van der Waals surface area (Å²) in [5, 5.41) is 0. The zero-order valence-corrected chi connectivity index (χ0v) is 14.4. The predicted octanol–water partition coefficient (Wildman–Crippen LogP) is 4.57. The minimum absolute atomic E-state index is 0.0962. The van der Waals surface area contributed by atoms with E-state index in [0.29, 0.717) is 0 Å². The van der Waals surface area contributed by atoms with Crippen LogP contribution in [0.15, 0.2) is 36.7 Å². The zero-order valence-electron chi connectivity index (χ0n) is 14.4. The second-order valence-electron chi connectivity index (χ2n) is 7.54. The van der Waals surface area contributed by atoms with Crippen molar-refractivity contribution < 1.29 is 0 Å². The Morgan fingerprint density at radius 1 is 0.864 bits per heavy atom. The molecule has 22 heavy (non-hydrogen) atoms. The molecule has 2 N–H and O–H groups in total. The molecule has 0 radical (unpaired) electrons. The average Bonchev–Trinajstić information content (AvgIpc) is 3.07. The number of hydrogen-bond acceptors (Lipinski definition) is 2. The molecular weight excluding hydrogens is 272 g/mol. The van der Waals surface area contributed by atoms with Gasteiger partial charge in [0.1, 0.15) is 11.6 Å². The normalized spacial score (nSPS) is 12.1. The molecule has 0 spiro atoms. The smallest absolute Gasteiger partial charge is 0.112 e. The van der Waals surface area contributed by atoms with Crippen molar-refractivity contribution >= 4 is 11.0 Å². The van der Waals surface area contributed by atoms with Gasteiger partial charge in [0.15, 0.2) is 0 Å². The molecule has 0 aliphatic heterocycles. The second kappa shape index (κ2) is 5.95. The Hall–Kier alpha value is -2.10. The van der Waals surface area contributed by atoms with Crippen LogP contribution in [-0.2, 0) is 10.8 Å². The van der Waals surface area contributed by atoms with E-state index in [2.05, 4.69) is 67.5 Å². The number of aromatic nitrogens is 4. The molecular formula is C18H26N4. The molecule has 3 aromatic rings. The first-order valence-corrected chi connectivity index (χ1v) is 7.63. The molecule has 0 unspecified atom stereocenters. The van der Waals surface area contributed by atoms with E-state index in [4.69, 9.17) is 0 Å². The van der Waals surface area contributed by atoms with Crippen LogP contribution in [0.1, 0.15) is 53.2 Å². The van der Waals surface area contributed by atoms with Crippen LogP contribution in [0.3, 0.4) is 0 Å². The third kappa shape index (κ3) is 3.97. The summed E-state index contributed by atoms with van der Waals surface area (Å²) in [7, 11) is 0. The van der Waals surface area contributed by atoms with Crippen LogP contribution in [0.4, 0.5) is 0 Å². The fourth-order valence-corrected chi connectivity index (χ4v) is 1.98. The number of imidazole rings is 2. The maximum absolute atomic E-state index is 4.53. The van der Waals surface area contributed by atoms with Crippen LogP contribution in [0.2, 0.25) is 0 Å². The Morgan fingerprint density at radius 2 is 1.50 bits per heavy atom. The molecule has 1 aromatic carbocycles. The van der Waals surface area contributed by atoms with Crippen LogP contribution in [-0.4, -0.2) is 19.9 Å². The molecule has 3 rings (SSSR count). The van der Waals surface area contributed by atoms with Gasteiger partial charge in [-0.3, -0.25) is 0 Å². The second-order valence-corrected chi connectivity index (χ2v) is 7.54. The van der Waals surface area contributed by atoms with Gasteiger partial charge in [-0.1, -0.05) is 53.7 Å². The first-order valence-electron chi connectivity index (χ1n) is 7.63. The van der Waals surface area contributed by atoms with Crippen LogP contribution in [0.25, 0.3) is 11.0 Å². The lowest BCUT2D eigenvalue weighted by Crippen LogP contribution is -2.12. The number of para-hydroxylation sites is 2. The average molecular weight is 298 g/mol. The Bertz CT molecular complexity index is 676. The predicted molar refractivity (Wildman–Crippen MR) is 92.1 cm³/mol. The number of nitrogens with one attached hydrogen (secondary N) is 2. The van der Waals surface area contributed by atoms with E-state index in [1.54, 1.807) is 6.20 Å². The highest BCUT2D eigenvalue weighted by Gasteiger charge is 2.17. The first-order chi connectivity index (χ1) is 10.2. The number of aromatic amines is 2. The molecule has 0 saturated heterocycles. The molecule has 0 aliphatic rings. The summed E-state index contributed by atoms with van der Waals surface area (Å²) < 4.78 is 0. The van der Waals surface area contributed by atoms with Crippen molar-refractivity contribution in [1.82, 2.24) is 19.9 Å². The van der Waals surface area contributed by atoms with Gasteiger partial charge >= 0.3 is 0 Å². The largest absolute Gasteiger partial charge is 0.348 e. The van der Waals surface area contributed by atoms with Gasteiger partial charge in [-0.25, -0.2) is 9.97 Å². The summed E-state index contributed by atoms with van der Waals surface area (Å²) in [4.78, 5) is 15.1. The van der Waals surface area contributed by atoms with Gasteiger partial charge in [0, 0.05) is 23.2 Å². The summed E-state index contributed by atoms with van der Waals surface area (Å²) >= 11 is 0. The van der Waals surface area contributed by atoms with E-state index in [9.17, 15) is 0 Å². The van der Waals surface area contributed by atoms with Crippen molar-refractivity contribution in [3.8, 4) is 0 Å². The zero-order chi connectivity index (χ0) is 16.4. The van der Waals surface area contributed by atoms with Crippen LogP contribution in [0, 0.1) is 0 Å². The monoisotopic (exact) mass is 298 g/mol. The lowest BCUT2D eigenvalue weighted by Gasteiger charge is -2.13. The van der Waals surface area contributed by atoms with Crippen molar-refractivity contribution in [2.24, 2.45) is 0 Å². The van der Waals surface area contributed by atoms with Crippen LogP contribution < -0.4 is 0 Å². The van der Waals surface area contributed by atoms with Gasteiger partial charge in [-0.15, -0.1) is 0 Å². The number of rotatable bonds is 0. The van der Waals surface area contributed by atoms with Crippen molar-refractivity contribution in [3.63, 3.8) is 0 Å². The van der Waals surface area contributed by atoms with Gasteiger partial charge in [0.2, 0.25) is 0 Å². The summed E-state index contributed by atoms with van der Waals surface area (Å²) in [6, 6.07) is 8.11. The maximum atomic E-state index is 4.53. The van der Waals surface area contributed by atoms with E-state index in [1.807, 2.05) is 24.4 Å². The Labute approximate surface area is 132 Å². The Balaban J connectivity index is 0.000000172. The maximum Gasteiger partial charge on any atom is 0.112 e. The molecule has 4 nitrogen and oxygen atoms in total. The third-order valence-corrected chi connectivity index (χ3v) is 3.31. The van der Waals surface area contributed by atoms with Gasteiger partial charge in [-0.2, -0.15) is 0 Å². The SMILES string of the molecule is CC(C)(C)c1nc2ccccc2[nH]1.CC(C)(C)c1ncc[nH]1. The van der Waals surface area contributed by atoms with Gasteiger partial charge in [0.05, 0.1) is 11.0 Å².